The predicted octanol–water partition coefficient (Wildman–Crippen LogP) is -0.555. The number of aliphatic hydroxyl groups is 1. The van der Waals surface area contributed by atoms with Gasteiger partial charge >= 0.3 is 5.69 Å². The maximum Gasteiger partial charge on any atom is 0.351 e. The number of aromatic nitrogens is 2. The standard InChI is InChI=1S/C13H21N3O5/c1-8-6-16(13(18)15-11(8)14)12-10(20-4-3-19-2)5-9(7-17)21-12/h6,9-10,12,17H,3-5,7H2,1-2H3,(H2,14,15,18)/t9-,10?,12+/m0/s1. The molecule has 0 saturated carbocycles. The molecule has 0 amide bonds. The van der Waals surface area contributed by atoms with Crippen LogP contribution in [0.2, 0.25) is 0 Å². The first kappa shape index (κ1) is 15.9. The molecule has 1 saturated heterocycles. The van der Waals surface area contributed by atoms with Crippen LogP contribution in [0.3, 0.4) is 0 Å². The summed E-state index contributed by atoms with van der Waals surface area (Å²) >= 11 is 0. The Morgan fingerprint density at radius 3 is 3.00 bits per heavy atom. The predicted molar refractivity (Wildman–Crippen MR) is 74.9 cm³/mol. The minimum Gasteiger partial charge on any atom is -0.394 e. The van der Waals surface area contributed by atoms with Gasteiger partial charge in [0.05, 0.1) is 25.9 Å². The van der Waals surface area contributed by atoms with E-state index < -0.39 is 11.9 Å². The zero-order valence-corrected chi connectivity index (χ0v) is 12.2. The molecule has 2 heterocycles. The summed E-state index contributed by atoms with van der Waals surface area (Å²) in [6, 6.07) is 0. The molecule has 1 aromatic heterocycles. The largest absolute Gasteiger partial charge is 0.394 e. The summed E-state index contributed by atoms with van der Waals surface area (Å²) in [5, 5.41) is 9.26. The van der Waals surface area contributed by atoms with E-state index in [2.05, 4.69) is 4.98 Å². The minimum absolute atomic E-state index is 0.128. The number of ether oxygens (including phenoxy) is 3. The van der Waals surface area contributed by atoms with Gasteiger partial charge in [-0.15, -0.1) is 0 Å². The summed E-state index contributed by atoms with van der Waals surface area (Å²) in [4.78, 5) is 15.8. The smallest absolute Gasteiger partial charge is 0.351 e. The molecule has 3 atom stereocenters. The van der Waals surface area contributed by atoms with Crippen LogP contribution < -0.4 is 11.4 Å². The lowest BCUT2D eigenvalue weighted by atomic mass is 10.2. The molecule has 21 heavy (non-hydrogen) atoms. The lowest BCUT2D eigenvalue weighted by Gasteiger charge is -2.21. The molecule has 1 fully saturated rings. The van der Waals surface area contributed by atoms with E-state index in [0.717, 1.165) is 0 Å². The van der Waals surface area contributed by atoms with Gasteiger partial charge in [0.25, 0.3) is 0 Å². The van der Waals surface area contributed by atoms with Gasteiger partial charge in [-0.25, -0.2) is 4.79 Å². The number of nitrogen functional groups attached to an aromatic ring is 1. The van der Waals surface area contributed by atoms with Gasteiger partial charge < -0.3 is 25.1 Å². The van der Waals surface area contributed by atoms with Gasteiger partial charge in [0, 0.05) is 25.3 Å². The van der Waals surface area contributed by atoms with Crippen LogP contribution in [0.25, 0.3) is 0 Å². The molecule has 118 valence electrons. The fraction of sp³-hybridized carbons (Fsp3) is 0.692. The number of anilines is 1. The van der Waals surface area contributed by atoms with E-state index >= 15 is 0 Å². The highest BCUT2D eigenvalue weighted by molar-refractivity contribution is 5.35. The van der Waals surface area contributed by atoms with E-state index in [-0.39, 0.29) is 24.6 Å². The third kappa shape index (κ3) is 3.59. The van der Waals surface area contributed by atoms with Crippen molar-refractivity contribution < 1.29 is 19.3 Å². The molecule has 0 aliphatic carbocycles. The molecular formula is C13H21N3O5. The number of methoxy groups -OCH3 is 1. The Morgan fingerprint density at radius 2 is 2.33 bits per heavy atom. The minimum atomic E-state index is -0.627. The summed E-state index contributed by atoms with van der Waals surface area (Å²) in [5.74, 6) is 0.199. The Morgan fingerprint density at radius 1 is 1.57 bits per heavy atom. The van der Waals surface area contributed by atoms with E-state index in [0.29, 0.717) is 25.2 Å². The van der Waals surface area contributed by atoms with Crippen LogP contribution in [0.15, 0.2) is 11.0 Å². The molecule has 8 nitrogen and oxygen atoms in total. The maximum atomic E-state index is 12.0. The first-order valence-electron chi connectivity index (χ1n) is 6.79. The third-order valence-electron chi connectivity index (χ3n) is 3.42. The van der Waals surface area contributed by atoms with Gasteiger partial charge in [0.15, 0.2) is 6.23 Å². The van der Waals surface area contributed by atoms with Crippen LogP contribution in [0, 0.1) is 6.92 Å². The monoisotopic (exact) mass is 299 g/mol. The zero-order valence-electron chi connectivity index (χ0n) is 12.2. The van der Waals surface area contributed by atoms with Gasteiger partial charge in [0.1, 0.15) is 11.9 Å². The Balaban J connectivity index is 2.22. The number of nitrogens with zero attached hydrogens (tertiary/aromatic N) is 2. The van der Waals surface area contributed by atoms with E-state index in [1.165, 1.54) is 4.57 Å². The average Bonchev–Trinajstić information content (AvgIpc) is 2.86. The highest BCUT2D eigenvalue weighted by Gasteiger charge is 2.37. The molecule has 1 aliphatic rings. The fourth-order valence-corrected chi connectivity index (χ4v) is 2.27. The molecular weight excluding hydrogens is 278 g/mol. The van der Waals surface area contributed by atoms with E-state index in [1.54, 1.807) is 20.2 Å². The lowest BCUT2D eigenvalue weighted by Crippen LogP contribution is -2.34. The molecule has 1 aliphatic heterocycles. The third-order valence-corrected chi connectivity index (χ3v) is 3.42. The molecule has 2 rings (SSSR count). The number of nitrogens with two attached hydrogens (primary N) is 1. The summed E-state index contributed by atoms with van der Waals surface area (Å²) in [5.41, 5.74) is 5.81. The van der Waals surface area contributed by atoms with Crippen LogP contribution in [0.1, 0.15) is 18.2 Å². The molecule has 0 radical (unpaired) electrons. The van der Waals surface area contributed by atoms with Crippen LogP contribution in [-0.2, 0) is 14.2 Å². The average molecular weight is 299 g/mol. The van der Waals surface area contributed by atoms with Crippen molar-refractivity contribution in [1.29, 1.82) is 0 Å². The quantitative estimate of drug-likeness (QED) is 0.678. The molecule has 1 unspecified atom stereocenters. The Hall–Kier alpha value is -1.48. The van der Waals surface area contributed by atoms with Gasteiger partial charge in [-0.1, -0.05) is 0 Å². The van der Waals surface area contributed by atoms with Crippen molar-refractivity contribution >= 4 is 5.82 Å². The summed E-state index contributed by atoms with van der Waals surface area (Å²) in [7, 11) is 1.58. The number of rotatable bonds is 6. The van der Waals surface area contributed by atoms with Crippen LogP contribution in [0.5, 0.6) is 0 Å². The fourth-order valence-electron chi connectivity index (χ4n) is 2.27. The number of aryl methyl sites for hydroxylation is 1. The molecule has 8 heteroatoms. The van der Waals surface area contributed by atoms with Gasteiger partial charge in [0.2, 0.25) is 0 Å². The SMILES string of the molecule is COCCOC1C[C@@H](CO)O[C@H]1n1cc(C)c(N)nc1=O. The topological polar surface area (TPSA) is 109 Å². The molecule has 1 aromatic rings. The van der Waals surface area contributed by atoms with Crippen molar-refractivity contribution in [2.45, 2.75) is 31.8 Å². The lowest BCUT2D eigenvalue weighted by molar-refractivity contribution is -0.0786. The van der Waals surface area contributed by atoms with Crippen LogP contribution in [0.4, 0.5) is 5.82 Å². The second-order valence-electron chi connectivity index (χ2n) is 4.97. The number of hydrogen-bond acceptors (Lipinski definition) is 7. The van der Waals surface area contributed by atoms with Crippen molar-refractivity contribution in [2.75, 3.05) is 32.7 Å². The van der Waals surface area contributed by atoms with Crippen molar-refractivity contribution in [3.8, 4) is 0 Å². The van der Waals surface area contributed by atoms with Crippen molar-refractivity contribution in [2.24, 2.45) is 0 Å². The molecule has 0 spiro atoms. The number of hydrogen-bond donors (Lipinski definition) is 2. The van der Waals surface area contributed by atoms with Crippen LogP contribution >= 0.6 is 0 Å². The Kier molecular flexibility index (Phi) is 5.29. The highest BCUT2D eigenvalue weighted by Crippen LogP contribution is 2.30. The maximum absolute atomic E-state index is 12.0. The van der Waals surface area contributed by atoms with Crippen molar-refractivity contribution in [1.82, 2.24) is 9.55 Å². The second-order valence-corrected chi connectivity index (χ2v) is 4.97. The summed E-state index contributed by atoms with van der Waals surface area (Å²) in [6.45, 7) is 2.46. The van der Waals surface area contributed by atoms with E-state index in [4.69, 9.17) is 19.9 Å². The van der Waals surface area contributed by atoms with E-state index in [9.17, 15) is 9.90 Å². The Labute approximate surface area is 122 Å². The first-order chi connectivity index (χ1) is 10.1. The van der Waals surface area contributed by atoms with Crippen molar-refractivity contribution in [3.05, 3.63) is 22.2 Å². The van der Waals surface area contributed by atoms with Gasteiger partial charge in [-0.05, 0) is 6.92 Å². The summed E-state index contributed by atoms with van der Waals surface area (Å²) in [6.07, 6.45) is 0.758. The Bertz CT molecular complexity index is 533. The zero-order chi connectivity index (χ0) is 15.4. The van der Waals surface area contributed by atoms with Gasteiger partial charge in [-0.2, -0.15) is 4.98 Å². The van der Waals surface area contributed by atoms with E-state index in [1.807, 2.05) is 0 Å². The molecule has 0 bridgehead atoms. The summed E-state index contributed by atoms with van der Waals surface area (Å²) < 4.78 is 17.7. The van der Waals surface area contributed by atoms with Gasteiger partial charge in [-0.3, -0.25) is 4.57 Å². The molecule has 0 aromatic carbocycles. The van der Waals surface area contributed by atoms with Crippen molar-refractivity contribution in [3.63, 3.8) is 0 Å². The molecule has 3 N–H and O–H groups in total. The normalized spacial score (nSPS) is 25.4. The first-order valence-corrected chi connectivity index (χ1v) is 6.79. The highest BCUT2D eigenvalue weighted by atomic mass is 16.6. The number of aliphatic hydroxyl groups excluding tert-OH is 1. The second kappa shape index (κ2) is 6.99. The van der Waals surface area contributed by atoms with Crippen LogP contribution in [-0.4, -0.2) is 53.8 Å².